The molecule has 1 aliphatic rings. The van der Waals surface area contributed by atoms with E-state index in [9.17, 15) is 0 Å². The highest BCUT2D eigenvalue weighted by Gasteiger charge is 2.24. The van der Waals surface area contributed by atoms with E-state index < -0.39 is 0 Å². The number of piperidine rings is 1. The molecule has 0 bridgehead atoms. The summed E-state index contributed by atoms with van der Waals surface area (Å²) in [5.74, 6) is 1.02. The lowest BCUT2D eigenvalue weighted by Gasteiger charge is -2.38. The van der Waals surface area contributed by atoms with Crippen LogP contribution in [0.3, 0.4) is 0 Å². The fourth-order valence-electron chi connectivity index (χ4n) is 2.94. The lowest BCUT2D eigenvalue weighted by molar-refractivity contribution is 0.199. The van der Waals surface area contributed by atoms with Gasteiger partial charge < -0.3 is 4.90 Å². The SMILES string of the molecule is Cc1ccsc1CN1CCCC(N(C)c2ccncn2)C1. The molecule has 0 amide bonds. The number of likely N-dealkylation sites (tertiary alicyclic amines) is 1. The van der Waals surface area contributed by atoms with Gasteiger partial charge in [0.25, 0.3) is 0 Å². The smallest absolute Gasteiger partial charge is 0.131 e. The summed E-state index contributed by atoms with van der Waals surface area (Å²) in [5.41, 5.74) is 1.42. The Labute approximate surface area is 130 Å². The van der Waals surface area contributed by atoms with Gasteiger partial charge in [-0.1, -0.05) is 0 Å². The van der Waals surface area contributed by atoms with Crippen LogP contribution < -0.4 is 4.90 Å². The average molecular weight is 302 g/mol. The van der Waals surface area contributed by atoms with Gasteiger partial charge in [0.2, 0.25) is 0 Å². The summed E-state index contributed by atoms with van der Waals surface area (Å²) in [6.45, 7) is 5.60. The van der Waals surface area contributed by atoms with Crippen LogP contribution in [0.15, 0.2) is 30.0 Å². The standard InChI is InChI=1S/C16H22N4S/c1-13-6-9-21-15(13)11-20-8-3-4-14(10-20)19(2)16-5-7-17-12-18-16/h5-7,9,12,14H,3-4,8,10-11H2,1-2H3. The Hall–Kier alpha value is -1.46. The molecule has 0 spiro atoms. The van der Waals surface area contributed by atoms with E-state index in [1.165, 1.54) is 29.8 Å². The fourth-order valence-corrected chi connectivity index (χ4v) is 3.89. The molecule has 2 aromatic heterocycles. The molecule has 1 fully saturated rings. The highest BCUT2D eigenvalue weighted by Crippen LogP contribution is 2.23. The molecule has 0 N–H and O–H groups in total. The molecule has 3 heterocycles. The van der Waals surface area contributed by atoms with Gasteiger partial charge in [0.1, 0.15) is 12.1 Å². The minimum absolute atomic E-state index is 0.536. The molecule has 1 atom stereocenters. The number of rotatable bonds is 4. The molecule has 5 heteroatoms. The topological polar surface area (TPSA) is 32.3 Å². The van der Waals surface area contributed by atoms with Crippen LogP contribution in [0.5, 0.6) is 0 Å². The molecule has 0 saturated carbocycles. The maximum atomic E-state index is 4.37. The van der Waals surface area contributed by atoms with Crippen molar-refractivity contribution in [2.24, 2.45) is 0 Å². The van der Waals surface area contributed by atoms with Gasteiger partial charge in [0, 0.05) is 37.3 Å². The molecule has 4 nitrogen and oxygen atoms in total. The van der Waals surface area contributed by atoms with Crippen LogP contribution in [0.25, 0.3) is 0 Å². The zero-order chi connectivity index (χ0) is 14.7. The molecule has 0 aliphatic carbocycles. The Morgan fingerprint density at radius 1 is 1.43 bits per heavy atom. The number of anilines is 1. The monoisotopic (exact) mass is 302 g/mol. The van der Waals surface area contributed by atoms with Crippen molar-refractivity contribution >= 4 is 17.2 Å². The largest absolute Gasteiger partial charge is 0.355 e. The first-order valence-electron chi connectivity index (χ1n) is 7.48. The number of thiophene rings is 1. The highest BCUT2D eigenvalue weighted by atomic mass is 32.1. The first-order chi connectivity index (χ1) is 10.2. The number of aromatic nitrogens is 2. The Kier molecular flexibility index (Phi) is 4.51. The molecule has 0 aromatic carbocycles. The van der Waals surface area contributed by atoms with Crippen molar-refractivity contribution in [3.63, 3.8) is 0 Å². The lowest BCUT2D eigenvalue weighted by atomic mass is 10.0. The van der Waals surface area contributed by atoms with E-state index in [2.05, 4.69) is 45.2 Å². The Morgan fingerprint density at radius 2 is 2.33 bits per heavy atom. The maximum Gasteiger partial charge on any atom is 0.131 e. The summed E-state index contributed by atoms with van der Waals surface area (Å²) in [5, 5.41) is 2.19. The van der Waals surface area contributed by atoms with Crippen LogP contribution in [-0.2, 0) is 6.54 Å². The molecule has 1 aliphatic heterocycles. The van der Waals surface area contributed by atoms with E-state index in [0.717, 1.165) is 18.9 Å². The average Bonchev–Trinajstić information content (AvgIpc) is 2.93. The summed E-state index contributed by atoms with van der Waals surface area (Å²) in [6, 6.07) is 4.74. The maximum absolute atomic E-state index is 4.37. The quantitative estimate of drug-likeness (QED) is 0.869. The van der Waals surface area contributed by atoms with Gasteiger partial charge in [-0.25, -0.2) is 9.97 Å². The van der Waals surface area contributed by atoms with Gasteiger partial charge in [-0.2, -0.15) is 0 Å². The second-order valence-electron chi connectivity index (χ2n) is 5.74. The van der Waals surface area contributed by atoms with Crippen molar-refractivity contribution in [3.05, 3.63) is 40.5 Å². The van der Waals surface area contributed by atoms with Gasteiger partial charge in [0.05, 0.1) is 0 Å². The predicted molar refractivity (Wildman–Crippen MR) is 87.8 cm³/mol. The second-order valence-corrected chi connectivity index (χ2v) is 6.74. The molecule has 2 aromatic rings. The minimum Gasteiger partial charge on any atom is -0.355 e. The van der Waals surface area contributed by atoms with Crippen molar-refractivity contribution < 1.29 is 0 Å². The molecule has 0 radical (unpaired) electrons. The van der Waals surface area contributed by atoms with Crippen LogP contribution in [0.1, 0.15) is 23.3 Å². The molecule has 1 saturated heterocycles. The number of aryl methyl sites for hydroxylation is 1. The number of hydrogen-bond donors (Lipinski definition) is 0. The molecule has 21 heavy (non-hydrogen) atoms. The van der Waals surface area contributed by atoms with Gasteiger partial charge in [-0.05, 0) is 49.4 Å². The zero-order valence-electron chi connectivity index (χ0n) is 12.7. The summed E-state index contributed by atoms with van der Waals surface area (Å²) in [7, 11) is 2.15. The molecule has 112 valence electrons. The van der Waals surface area contributed by atoms with Crippen molar-refractivity contribution in [2.75, 3.05) is 25.0 Å². The molecule has 1 unspecified atom stereocenters. The van der Waals surface area contributed by atoms with Gasteiger partial charge in [-0.15, -0.1) is 11.3 Å². The summed E-state index contributed by atoms with van der Waals surface area (Å²) in [6.07, 6.45) is 5.93. The fraction of sp³-hybridized carbons (Fsp3) is 0.500. The third-order valence-corrected chi connectivity index (χ3v) is 5.30. The van der Waals surface area contributed by atoms with Gasteiger partial charge in [-0.3, -0.25) is 4.90 Å². The number of nitrogens with zero attached hydrogens (tertiary/aromatic N) is 4. The van der Waals surface area contributed by atoms with E-state index in [1.807, 2.05) is 23.6 Å². The van der Waals surface area contributed by atoms with Crippen molar-refractivity contribution in [2.45, 2.75) is 32.4 Å². The summed E-state index contributed by atoms with van der Waals surface area (Å²) >= 11 is 1.87. The Balaban J connectivity index is 1.64. The molecular formula is C16H22N4S. The Morgan fingerprint density at radius 3 is 3.05 bits per heavy atom. The van der Waals surface area contributed by atoms with Gasteiger partial charge >= 0.3 is 0 Å². The normalized spacial score (nSPS) is 19.6. The van der Waals surface area contributed by atoms with E-state index in [0.29, 0.717) is 6.04 Å². The summed E-state index contributed by atoms with van der Waals surface area (Å²) < 4.78 is 0. The van der Waals surface area contributed by atoms with Crippen LogP contribution in [0, 0.1) is 6.92 Å². The zero-order valence-corrected chi connectivity index (χ0v) is 13.5. The lowest BCUT2D eigenvalue weighted by Crippen LogP contribution is -2.46. The third kappa shape index (κ3) is 3.41. The van der Waals surface area contributed by atoms with Gasteiger partial charge in [0.15, 0.2) is 0 Å². The van der Waals surface area contributed by atoms with Crippen LogP contribution >= 0.6 is 11.3 Å². The number of likely N-dealkylation sites (N-methyl/N-ethyl adjacent to an activating group) is 1. The van der Waals surface area contributed by atoms with Crippen molar-refractivity contribution in [1.82, 2.24) is 14.9 Å². The number of hydrogen-bond acceptors (Lipinski definition) is 5. The second kappa shape index (κ2) is 6.54. The highest BCUT2D eigenvalue weighted by molar-refractivity contribution is 7.10. The first-order valence-corrected chi connectivity index (χ1v) is 8.36. The van der Waals surface area contributed by atoms with Crippen LogP contribution in [0.2, 0.25) is 0 Å². The van der Waals surface area contributed by atoms with E-state index >= 15 is 0 Å². The van der Waals surface area contributed by atoms with Crippen LogP contribution in [-0.4, -0.2) is 41.0 Å². The first kappa shape index (κ1) is 14.5. The third-order valence-electron chi connectivity index (χ3n) is 4.29. The summed E-state index contributed by atoms with van der Waals surface area (Å²) in [4.78, 5) is 14.7. The Bertz CT molecular complexity index is 569. The van der Waals surface area contributed by atoms with E-state index in [-0.39, 0.29) is 0 Å². The van der Waals surface area contributed by atoms with Crippen LogP contribution in [0.4, 0.5) is 5.82 Å². The van der Waals surface area contributed by atoms with E-state index in [1.54, 1.807) is 6.33 Å². The predicted octanol–water partition coefficient (Wildman–Crippen LogP) is 2.95. The molecule has 3 rings (SSSR count). The van der Waals surface area contributed by atoms with Crippen molar-refractivity contribution in [3.8, 4) is 0 Å². The van der Waals surface area contributed by atoms with E-state index in [4.69, 9.17) is 0 Å². The minimum atomic E-state index is 0.536. The molecular weight excluding hydrogens is 280 g/mol. The van der Waals surface area contributed by atoms with Crippen molar-refractivity contribution in [1.29, 1.82) is 0 Å².